The van der Waals surface area contributed by atoms with E-state index in [0.29, 0.717) is 0 Å². The molecule has 1 rings (SSSR count). The minimum atomic E-state index is 0.751. The Hall–Kier alpha value is -0.0800. The molecule has 0 radical (unpaired) electrons. The van der Waals surface area contributed by atoms with E-state index in [1.54, 1.807) is 0 Å². The lowest BCUT2D eigenvalue weighted by molar-refractivity contribution is 0.124. The van der Waals surface area contributed by atoms with E-state index in [1.807, 2.05) is 0 Å². The van der Waals surface area contributed by atoms with E-state index >= 15 is 0 Å². The van der Waals surface area contributed by atoms with Gasteiger partial charge in [-0.2, -0.15) is 0 Å². The first kappa shape index (κ1) is 14.0. The molecule has 2 unspecified atom stereocenters. The first-order valence-electron chi connectivity index (χ1n) is 7.08. The maximum Gasteiger partial charge on any atom is 0.0218 e. The van der Waals surface area contributed by atoms with Crippen molar-refractivity contribution >= 4 is 0 Å². The maximum absolute atomic E-state index is 3.61. The molecule has 1 fully saturated rings. The van der Waals surface area contributed by atoms with Gasteiger partial charge in [0.1, 0.15) is 0 Å². The van der Waals surface area contributed by atoms with E-state index in [0.717, 1.165) is 24.4 Å². The van der Waals surface area contributed by atoms with Gasteiger partial charge in [-0.15, -0.1) is 0 Å². The van der Waals surface area contributed by atoms with Gasteiger partial charge in [-0.05, 0) is 44.2 Å². The lowest BCUT2D eigenvalue weighted by Crippen LogP contribution is -2.47. The van der Waals surface area contributed by atoms with Crippen LogP contribution < -0.4 is 5.32 Å². The molecule has 0 aromatic heterocycles. The predicted molar refractivity (Wildman–Crippen MR) is 71.8 cm³/mol. The van der Waals surface area contributed by atoms with Crippen molar-refractivity contribution in [3.63, 3.8) is 0 Å². The van der Waals surface area contributed by atoms with Crippen molar-refractivity contribution in [2.45, 2.75) is 53.0 Å². The number of hydrogen-bond donors (Lipinski definition) is 1. The van der Waals surface area contributed by atoms with E-state index in [1.165, 1.54) is 38.9 Å². The number of nitrogens with zero attached hydrogens (tertiary/aromatic N) is 1. The minimum absolute atomic E-state index is 0.751. The average molecular weight is 226 g/mol. The summed E-state index contributed by atoms with van der Waals surface area (Å²) < 4.78 is 0. The molecule has 2 atom stereocenters. The summed E-state index contributed by atoms with van der Waals surface area (Å²) in [5.74, 6) is 1.66. The van der Waals surface area contributed by atoms with Gasteiger partial charge in [-0.1, -0.05) is 27.7 Å². The first-order valence-corrected chi connectivity index (χ1v) is 7.08. The van der Waals surface area contributed by atoms with Crippen molar-refractivity contribution in [3.05, 3.63) is 0 Å². The quantitative estimate of drug-likeness (QED) is 0.749. The molecule has 0 saturated carbocycles. The Morgan fingerprint density at radius 2 is 2.06 bits per heavy atom. The van der Waals surface area contributed by atoms with Crippen LogP contribution in [0, 0.1) is 11.8 Å². The zero-order valence-electron chi connectivity index (χ0n) is 11.6. The van der Waals surface area contributed by atoms with Gasteiger partial charge >= 0.3 is 0 Å². The highest BCUT2D eigenvalue weighted by molar-refractivity contribution is 4.78. The maximum atomic E-state index is 3.61. The summed E-state index contributed by atoms with van der Waals surface area (Å²) in [5.41, 5.74) is 0. The predicted octanol–water partition coefficient (Wildman–Crippen LogP) is 2.74. The SMILES string of the molecule is CCC(CNCC(C)C)N1CCCC(C)C1. The molecule has 0 aliphatic carbocycles. The summed E-state index contributed by atoms with van der Waals surface area (Å²) in [6.07, 6.45) is 4.09. The lowest BCUT2D eigenvalue weighted by atomic mass is 9.98. The topological polar surface area (TPSA) is 15.3 Å². The molecule has 0 amide bonds. The van der Waals surface area contributed by atoms with E-state index < -0.39 is 0 Å². The lowest BCUT2D eigenvalue weighted by Gasteiger charge is -2.37. The molecule has 0 aromatic carbocycles. The average Bonchev–Trinajstić information content (AvgIpc) is 2.24. The third kappa shape index (κ3) is 4.84. The van der Waals surface area contributed by atoms with Gasteiger partial charge in [0.2, 0.25) is 0 Å². The molecule has 1 N–H and O–H groups in total. The number of hydrogen-bond acceptors (Lipinski definition) is 2. The molecule has 0 aromatic rings. The Bertz CT molecular complexity index is 180. The Morgan fingerprint density at radius 3 is 2.62 bits per heavy atom. The van der Waals surface area contributed by atoms with Crippen molar-refractivity contribution in [1.82, 2.24) is 10.2 Å². The van der Waals surface area contributed by atoms with Crippen molar-refractivity contribution in [2.24, 2.45) is 11.8 Å². The second-order valence-corrected chi connectivity index (χ2v) is 5.86. The summed E-state index contributed by atoms with van der Waals surface area (Å²) in [4.78, 5) is 2.70. The van der Waals surface area contributed by atoms with Crippen LogP contribution >= 0.6 is 0 Å². The summed E-state index contributed by atoms with van der Waals surface area (Å²) in [5, 5.41) is 3.61. The molecule has 1 aliphatic heterocycles. The molecule has 1 aliphatic rings. The van der Waals surface area contributed by atoms with Crippen LogP contribution in [0.3, 0.4) is 0 Å². The van der Waals surface area contributed by atoms with Gasteiger partial charge in [0, 0.05) is 19.1 Å². The number of nitrogens with one attached hydrogen (secondary N) is 1. The fourth-order valence-electron chi connectivity index (χ4n) is 2.63. The smallest absolute Gasteiger partial charge is 0.0218 e. The van der Waals surface area contributed by atoms with Gasteiger partial charge in [0.05, 0.1) is 0 Å². The number of likely N-dealkylation sites (tertiary alicyclic amines) is 1. The molecule has 16 heavy (non-hydrogen) atoms. The van der Waals surface area contributed by atoms with E-state index in [-0.39, 0.29) is 0 Å². The third-order valence-electron chi connectivity index (χ3n) is 3.61. The van der Waals surface area contributed by atoms with Crippen LogP contribution in [-0.2, 0) is 0 Å². The molecule has 2 nitrogen and oxygen atoms in total. The molecule has 1 heterocycles. The molecule has 2 heteroatoms. The van der Waals surface area contributed by atoms with Crippen LogP contribution in [0.5, 0.6) is 0 Å². The van der Waals surface area contributed by atoms with Crippen LogP contribution in [0.4, 0.5) is 0 Å². The Balaban J connectivity index is 2.28. The van der Waals surface area contributed by atoms with Gasteiger partial charge in [0.15, 0.2) is 0 Å². The minimum Gasteiger partial charge on any atom is -0.315 e. The van der Waals surface area contributed by atoms with Gasteiger partial charge in [-0.25, -0.2) is 0 Å². The van der Waals surface area contributed by atoms with Crippen LogP contribution in [0.25, 0.3) is 0 Å². The first-order chi connectivity index (χ1) is 7.63. The van der Waals surface area contributed by atoms with Crippen LogP contribution in [0.15, 0.2) is 0 Å². The van der Waals surface area contributed by atoms with E-state index in [2.05, 4.69) is 37.9 Å². The van der Waals surface area contributed by atoms with Crippen molar-refractivity contribution in [2.75, 3.05) is 26.2 Å². The molecule has 1 saturated heterocycles. The summed E-state index contributed by atoms with van der Waals surface area (Å²) >= 11 is 0. The van der Waals surface area contributed by atoms with Crippen LogP contribution in [-0.4, -0.2) is 37.1 Å². The Kier molecular flexibility index (Phi) is 6.37. The number of rotatable bonds is 6. The number of piperidine rings is 1. The molecule has 96 valence electrons. The van der Waals surface area contributed by atoms with Crippen molar-refractivity contribution < 1.29 is 0 Å². The third-order valence-corrected chi connectivity index (χ3v) is 3.61. The molecular weight excluding hydrogens is 196 g/mol. The molecular formula is C14H30N2. The summed E-state index contributed by atoms with van der Waals surface area (Å²) in [6.45, 7) is 14.2. The standard InChI is InChI=1S/C14H30N2/c1-5-14(10-15-9-12(2)3)16-8-6-7-13(4)11-16/h12-15H,5-11H2,1-4H3. The largest absolute Gasteiger partial charge is 0.315 e. The zero-order chi connectivity index (χ0) is 12.0. The monoisotopic (exact) mass is 226 g/mol. The molecule has 0 bridgehead atoms. The van der Waals surface area contributed by atoms with E-state index in [4.69, 9.17) is 0 Å². The fourth-order valence-corrected chi connectivity index (χ4v) is 2.63. The Labute approximate surface area is 102 Å². The normalized spacial score (nSPS) is 24.9. The van der Waals surface area contributed by atoms with Crippen LogP contribution in [0.2, 0.25) is 0 Å². The highest BCUT2D eigenvalue weighted by Gasteiger charge is 2.22. The summed E-state index contributed by atoms with van der Waals surface area (Å²) in [6, 6.07) is 0.751. The zero-order valence-corrected chi connectivity index (χ0v) is 11.6. The Morgan fingerprint density at radius 1 is 1.31 bits per heavy atom. The van der Waals surface area contributed by atoms with Gasteiger partial charge < -0.3 is 5.32 Å². The summed E-state index contributed by atoms with van der Waals surface area (Å²) in [7, 11) is 0. The van der Waals surface area contributed by atoms with Crippen molar-refractivity contribution in [1.29, 1.82) is 0 Å². The van der Waals surface area contributed by atoms with Gasteiger partial charge in [0.25, 0.3) is 0 Å². The second kappa shape index (κ2) is 7.29. The highest BCUT2D eigenvalue weighted by atomic mass is 15.2. The van der Waals surface area contributed by atoms with Crippen LogP contribution in [0.1, 0.15) is 47.0 Å². The fraction of sp³-hybridized carbons (Fsp3) is 1.00. The highest BCUT2D eigenvalue weighted by Crippen LogP contribution is 2.18. The molecule has 0 spiro atoms. The van der Waals surface area contributed by atoms with E-state index in [9.17, 15) is 0 Å². The second-order valence-electron chi connectivity index (χ2n) is 5.86. The van der Waals surface area contributed by atoms with Gasteiger partial charge in [-0.3, -0.25) is 4.90 Å². The van der Waals surface area contributed by atoms with Crippen molar-refractivity contribution in [3.8, 4) is 0 Å².